The van der Waals surface area contributed by atoms with Crippen molar-refractivity contribution in [2.24, 2.45) is 0 Å². The molecular formula is C12H15N3O2. The fourth-order valence-electron chi connectivity index (χ4n) is 1.80. The summed E-state index contributed by atoms with van der Waals surface area (Å²) in [5.41, 5.74) is 2.01. The van der Waals surface area contributed by atoms with Gasteiger partial charge in [0.15, 0.2) is 0 Å². The predicted octanol–water partition coefficient (Wildman–Crippen LogP) is 0.707. The fraction of sp³-hybridized carbons (Fsp3) is 0.333. The van der Waals surface area contributed by atoms with E-state index in [1.807, 2.05) is 31.3 Å². The van der Waals surface area contributed by atoms with Crippen LogP contribution >= 0.6 is 0 Å². The summed E-state index contributed by atoms with van der Waals surface area (Å²) in [5.74, 6) is -0.129. The molecule has 0 saturated carbocycles. The highest BCUT2D eigenvalue weighted by Gasteiger charge is 2.19. The Bertz CT molecular complexity index is 548. The van der Waals surface area contributed by atoms with E-state index in [9.17, 15) is 4.79 Å². The largest absolute Gasteiger partial charge is 0.395 e. The van der Waals surface area contributed by atoms with Gasteiger partial charge in [0.2, 0.25) is 0 Å². The zero-order chi connectivity index (χ0) is 12.4. The van der Waals surface area contributed by atoms with Crippen molar-refractivity contribution in [1.29, 1.82) is 0 Å². The van der Waals surface area contributed by atoms with E-state index in [0.717, 1.165) is 5.65 Å². The maximum Gasteiger partial charge on any atom is 0.272 e. The Labute approximate surface area is 99.3 Å². The van der Waals surface area contributed by atoms with Crippen LogP contribution < -0.4 is 0 Å². The Morgan fingerprint density at radius 1 is 1.53 bits per heavy atom. The Morgan fingerprint density at radius 3 is 3.00 bits per heavy atom. The molecule has 0 bridgehead atoms. The first-order valence-corrected chi connectivity index (χ1v) is 5.45. The highest BCUT2D eigenvalue weighted by atomic mass is 16.3. The van der Waals surface area contributed by atoms with E-state index in [1.165, 1.54) is 4.90 Å². The van der Waals surface area contributed by atoms with Crippen molar-refractivity contribution in [2.75, 3.05) is 20.2 Å². The Morgan fingerprint density at radius 2 is 2.29 bits per heavy atom. The molecule has 0 radical (unpaired) electrons. The van der Waals surface area contributed by atoms with E-state index in [1.54, 1.807) is 11.4 Å². The number of hydrogen-bond donors (Lipinski definition) is 1. The van der Waals surface area contributed by atoms with Crippen molar-refractivity contribution in [3.05, 3.63) is 35.8 Å². The van der Waals surface area contributed by atoms with Crippen LogP contribution in [0.15, 0.2) is 24.4 Å². The molecular weight excluding hydrogens is 218 g/mol. The molecule has 0 fully saturated rings. The number of pyridine rings is 1. The number of aliphatic hydroxyl groups is 1. The Kier molecular flexibility index (Phi) is 3.10. The van der Waals surface area contributed by atoms with Crippen molar-refractivity contribution in [2.45, 2.75) is 6.92 Å². The van der Waals surface area contributed by atoms with Gasteiger partial charge in [0.05, 0.1) is 12.3 Å². The third-order valence-corrected chi connectivity index (χ3v) is 2.69. The predicted molar refractivity (Wildman–Crippen MR) is 64.0 cm³/mol. The molecule has 0 spiro atoms. The van der Waals surface area contributed by atoms with Crippen LogP contribution in [0.5, 0.6) is 0 Å². The summed E-state index contributed by atoms with van der Waals surface area (Å²) in [5, 5.41) is 8.85. The van der Waals surface area contributed by atoms with Crippen molar-refractivity contribution in [1.82, 2.24) is 14.3 Å². The molecule has 1 amide bonds. The molecule has 1 N–H and O–H groups in total. The summed E-state index contributed by atoms with van der Waals surface area (Å²) in [6.07, 6.45) is 1.81. The number of fused-ring (bicyclic) bond motifs is 1. The molecule has 0 unspecified atom stereocenters. The number of amides is 1. The second-order valence-electron chi connectivity index (χ2n) is 3.92. The summed E-state index contributed by atoms with van der Waals surface area (Å²) in [6, 6.07) is 5.60. The second kappa shape index (κ2) is 4.55. The average Bonchev–Trinajstić information content (AvgIpc) is 2.64. The number of nitrogens with zero attached hydrogens (tertiary/aromatic N) is 3. The van der Waals surface area contributed by atoms with Gasteiger partial charge in [0, 0.05) is 19.8 Å². The van der Waals surface area contributed by atoms with E-state index in [4.69, 9.17) is 5.11 Å². The minimum Gasteiger partial charge on any atom is -0.395 e. The summed E-state index contributed by atoms with van der Waals surface area (Å²) >= 11 is 0. The number of imidazole rings is 1. The number of likely N-dealkylation sites (N-methyl/N-ethyl adjacent to an activating group) is 1. The van der Waals surface area contributed by atoms with Gasteiger partial charge in [0.1, 0.15) is 11.3 Å². The molecule has 5 nitrogen and oxygen atoms in total. The van der Waals surface area contributed by atoms with Crippen LogP contribution in [0.1, 0.15) is 16.2 Å². The number of aliphatic hydroxyl groups excluding tert-OH is 1. The van der Waals surface area contributed by atoms with Crippen LogP contribution in [0.3, 0.4) is 0 Å². The van der Waals surface area contributed by atoms with Gasteiger partial charge in [-0.15, -0.1) is 0 Å². The molecule has 0 aliphatic rings. The molecule has 0 saturated heterocycles. The lowest BCUT2D eigenvalue weighted by atomic mass is 10.3. The van der Waals surface area contributed by atoms with Gasteiger partial charge in [-0.1, -0.05) is 6.07 Å². The molecule has 17 heavy (non-hydrogen) atoms. The van der Waals surface area contributed by atoms with E-state index < -0.39 is 0 Å². The molecule has 90 valence electrons. The number of carbonyl (C=O) groups excluding carboxylic acids is 1. The summed E-state index contributed by atoms with van der Waals surface area (Å²) in [6.45, 7) is 2.09. The lowest BCUT2D eigenvalue weighted by Crippen LogP contribution is -2.30. The standard InChI is InChI=1S/C12H15N3O2/c1-9-11(12(17)14(2)7-8-16)15-6-4-3-5-10(15)13-9/h3-6,16H,7-8H2,1-2H3. The Hall–Kier alpha value is -1.88. The van der Waals surface area contributed by atoms with E-state index in [2.05, 4.69) is 4.98 Å². The van der Waals surface area contributed by atoms with Crippen LogP contribution in [0.2, 0.25) is 0 Å². The maximum atomic E-state index is 12.2. The zero-order valence-electron chi connectivity index (χ0n) is 9.92. The van der Waals surface area contributed by atoms with E-state index in [-0.39, 0.29) is 12.5 Å². The zero-order valence-corrected chi connectivity index (χ0v) is 9.92. The topological polar surface area (TPSA) is 57.8 Å². The number of aromatic nitrogens is 2. The van der Waals surface area contributed by atoms with Gasteiger partial charge in [-0.2, -0.15) is 0 Å². The van der Waals surface area contributed by atoms with Gasteiger partial charge >= 0.3 is 0 Å². The molecule has 0 aliphatic heterocycles. The minimum absolute atomic E-state index is 0.0436. The first kappa shape index (κ1) is 11.6. The van der Waals surface area contributed by atoms with Crippen LogP contribution in [-0.2, 0) is 0 Å². The summed E-state index contributed by atoms with van der Waals surface area (Å²) in [7, 11) is 1.67. The SMILES string of the molecule is Cc1nc2ccccn2c1C(=O)N(C)CCO. The lowest BCUT2D eigenvalue weighted by Gasteiger charge is -2.15. The molecule has 2 rings (SSSR count). The quantitative estimate of drug-likeness (QED) is 0.849. The smallest absolute Gasteiger partial charge is 0.272 e. The molecule has 2 aromatic rings. The number of carbonyl (C=O) groups is 1. The number of aryl methyl sites for hydroxylation is 1. The van der Waals surface area contributed by atoms with E-state index >= 15 is 0 Å². The monoisotopic (exact) mass is 233 g/mol. The van der Waals surface area contributed by atoms with Gasteiger partial charge < -0.3 is 10.0 Å². The first-order valence-electron chi connectivity index (χ1n) is 5.45. The third kappa shape index (κ3) is 2.01. The molecule has 0 aromatic carbocycles. The average molecular weight is 233 g/mol. The van der Waals surface area contributed by atoms with Crippen molar-refractivity contribution in [3.63, 3.8) is 0 Å². The van der Waals surface area contributed by atoms with Gasteiger partial charge in [-0.05, 0) is 19.1 Å². The minimum atomic E-state index is -0.129. The van der Waals surface area contributed by atoms with Gasteiger partial charge in [-0.3, -0.25) is 9.20 Å². The van der Waals surface area contributed by atoms with Crippen molar-refractivity contribution >= 4 is 11.6 Å². The molecule has 2 aromatic heterocycles. The second-order valence-corrected chi connectivity index (χ2v) is 3.92. The fourth-order valence-corrected chi connectivity index (χ4v) is 1.80. The Balaban J connectivity index is 2.47. The summed E-state index contributed by atoms with van der Waals surface area (Å²) in [4.78, 5) is 18.0. The highest BCUT2D eigenvalue weighted by Crippen LogP contribution is 2.13. The molecule has 0 aliphatic carbocycles. The van der Waals surface area contributed by atoms with Gasteiger partial charge in [0.25, 0.3) is 5.91 Å². The lowest BCUT2D eigenvalue weighted by molar-refractivity contribution is 0.0759. The van der Waals surface area contributed by atoms with E-state index in [0.29, 0.717) is 17.9 Å². The third-order valence-electron chi connectivity index (χ3n) is 2.69. The number of rotatable bonds is 3. The van der Waals surface area contributed by atoms with Crippen LogP contribution in [0, 0.1) is 6.92 Å². The molecule has 2 heterocycles. The van der Waals surface area contributed by atoms with Crippen molar-refractivity contribution in [3.8, 4) is 0 Å². The highest BCUT2D eigenvalue weighted by molar-refractivity contribution is 5.94. The maximum absolute atomic E-state index is 12.2. The van der Waals surface area contributed by atoms with Crippen LogP contribution in [0.4, 0.5) is 0 Å². The van der Waals surface area contributed by atoms with Crippen LogP contribution in [-0.4, -0.2) is 45.5 Å². The normalized spacial score (nSPS) is 10.8. The number of hydrogen-bond acceptors (Lipinski definition) is 3. The summed E-state index contributed by atoms with van der Waals surface area (Å²) < 4.78 is 1.77. The van der Waals surface area contributed by atoms with Crippen molar-refractivity contribution < 1.29 is 9.90 Å². The molecule has 5 heteroatoms. The molecule has 0 atom stereocenters. The van der Waals surface area contributed by atoms with Crippen LogP contribution in [0.25, 0.3) is 5.65 Å². The van der Waals surface area contributed by atoms with Gasteiger partial charge in [-0.25, -0.2) is 4.98 Å². The first-order chi connectivity index (χ1) is 8.15.